The minimum Gasteiger partial charge on any atom is -0.497 e. The quantitative estimate of drug-likeness (QED) is 0.719. The van der Waals surface area contributed by atoms with Crippen molar-refractivity contribution in [1.82, 2.24) is 0 Å². The molecule has 120 valence electrons. The van der Waals surface area contributed by atoms with Gasteiger partial charge in [-0.05, 0) is 34.5 Å². The zero-order chi connectivity index (χ0) is 16.7. The summed E-state index contributed by atoms with van der Waals surface area (Å²) in [6, 6.07) is 19.9. The largest absolute Gasteiger partial charge is 0.497 e. The average molecular weight is 318 g/mol. The van der Waals surface area contributed by atoms with E-state index in [2.05, 4.69) is 12.1 Å². The predicted octanol–water partition coefficient (Wildman–Crippen LogP) is 4.31. The summed E-state index contributed by atoms with van der Waals surface area (Å²) >= 11 is 0. The molecule has 0 amide bonds. The second-order valence-corrected chi connectivity index (χ2v) is 6.03. The van der Waals surface area contributed by atoms with Crippen molar-refractivity contribution in [2.24, 2.45) is 0 Å². The SMILES string of the molecule is COc1ccc(C2C(=O)C2c2c(OC)ccc3ccccc23)cc1. The summed E-state index contributed by atoms with van der Waals surface area (Å²) in [6.07, 6.45) is 0. The van der Waals surface area contributed by atoms with Crippen molar-refractivity contribution in [3.05, 3.63) is 71.8 Å². The number of hydrogen-bond acceptors (Lipinski definition) is 3. The molecule has 0 aromatic heterocycles. The van der Waals surface area contributed by atoms with Crippen molar-refractivity contribution in [2.45, 2.75) is 11.8 Å². The highest BCUT2D eigenvalue weighted by atomic mass is 16.5. The van der Waals surface area contributed by atoms with E-state index in [1.54, 1.807) is 14.2 Å². The van der Waals surface area contributed by atoms with Gasteiger partial charge in [-0.3, -0.25) is 4.79 Å². The zero-order valence-electron chi connectivity index (χ0n) is 13.7. The van der Waals surface area contributed by atoms with Gasteiger partial charge >= 0.3 is 0 Å². The maximum absolute atomic E-state index is 12.6. The monoisotopic (exact) mass is 318 g/mol. The molecule has 0 bridgehead atoms. The molecular weight excluding hydrogens is 300 g/mol. The smallest absolute Gasteiger partial charge is 0.150 e. The summed E-state index contributed by atoms with van der Waals surface area (Å²) in [4.78, 5) is 12.6. The molecule has 0 N–H and O–H groups in total. The normalized spacial score (nSPS) is 19.3. The highest BCUT2D eigenvalue weighted by Crippen LogP contribution is 2.54. The van der Waals surface area contributed by atoms with Gasteiger partial charge in [-0.2, -0.15) is 0 Å². The second-order valence-electron chi connectivity index (χ2n) is 6.03. The Morgan fingerprint density at radius 1 is 0.792 bits per heavy atom. The van der Waals surface area contributed by atoms with Gasteiger partial charge in [0.1, 0.15) is 17.3 Å². The van der Waals surface area contributed by atoms with Gasteiger partial charge in [0, 0.05) is 5.56 Å². The van der Waals surface area contributed by atoms with Crippen LogP contribution in [-0.2, 0) is 4.79 Å². The van der Waals surface area contributed by atoms with E-state index in [1.807, 2.05) is 48.5 Å². The number of hydrogen-bond donors (Lipinski definition) is 0. The maximum Gasteiger partial charge on any atom is 0.150 e. The second kappa shape index (κ2) is 5.68. The van der Waals surface area contributed by atoms with Gasteiger partial charge in [-0.15, -0.1) is 0 Å². The summed E-state index contributed by atoms with van der Waals surface area (Å²) in [7, 11) is 3.30. The van der Waals surface area contributed by atoms with Crippen LogP contribution in [0.1, 0.15) is 23.0 Å². The molecule has 1 saturated carbocycles. The van der Waals surface area contributed by atoms with Crippen LogP contribution in [-0.4, -0.2) is 20.0 Å². The lowest BCUT2D eigenvalue weighted by molar-refractivity contribution is -0.110. The predicted molar refractivity (Wildman–Crippen MR) is 94.0 cm³/mol. The van der Waals surface area contributed by atoms with E-state index < -0.39 is 0 Å². The molecule has 24 heavy (non-hydrogen) atoms. The number of ketones is 1. The number of rotatable bonds is 4. The molecule has 1 aliphatic rings. The van der Waals surface area contributed by atoms with Crippen molar-refractivity contribution < 1.29 is 14.3 Å². The number of methoxy groups -OCH3 is 2. The summed E-state index contributed by atoms with van der Waals surface area (Å²) < 4.78 is 10.7. The van der Waals surface area contributed by atoms with E-state index in [1.165, 1.54) is 0 Å². The number of carbonyl (C=O) groups is 1. The molecule has 0 heterocycles. The molecule has 2 atom stereocenters. The lowest BCUT2D eigenvalue weighted by Gasteiger charge is -2.11. The Morgan fingerprint density at radius 2 is 1.54 bits per heavy atom. The summed E-state index contributed by atoms with van der Waals surface area (Å²) in [5.41, 5.74) is 2.03. The van der Waals surface area contributed by atoms with Crippen LogP contribution in [0.25, 0.3) is 10.8 Å². The fourth-order valence-corrected chi connectivity index (χ4v) is 3.49. The van der Waals surface area contributed by atoms with E-state index in [-0.39, 0.29) is 17.6 Å². The first-order valence-corrected chi connectivity index (χ1v) is 7.98. The highest BCUT2D eigenvalue weighted by Gasteiger charge is 2.52. The third-order valence-corrected chi connectivity index (χ3v) is 4.77. The van der Waals surface area contributed by atoms with Gasteiger partial charge in [-0.1, -0.05) is 42.5 Å². The maximum atomic E-state index is 12.6. The third-order valence-electron chi connectivity index (χ3n) is 4.77. The van der Waals surface area contributed by atoms with E-state index in [0.29, 0.717) is 0 Å². The highest BCUT2D eigenvalue weighted by molar-refractivity contribution is 6.12. The van der Waals surface area contributed by atoms with E-state index in [9.17, 15) is 4.79 Å². The van der Waals surface area contributed by atoms with Crippen molar-refractivity contribution in [3.63, 3.8) is 0 Å². The Kier molecular flexibility index (Phi) is 3.49. The van der Waals surface area contributed by atoms with Crippen molar-refractivity contribution in [1.29, 1.82) is 0 Å². The lowest BCUT2D eigenvalue weighted by atomic mass is 9.97. The lowest BCUT2D eigenvalue weighted by Crippen LogP contribution is -1.94. The van der Waals surface area contributed by atoms with Crippen LogP contribution in [0.3, 0.4) is 0 Å². The Labute approximate surface area is 140 Å². The van der Waals surface area contributed by atoms with Crippen LogP contribution in [0.4, 0.5) is 0 Å². The van der Waals surface area contributed by atoms with Gasteiger partial charge < -0.3 is 9.47 Å². The number of carbonyl (C=O) groups excluding carboxylic acids is 1. The fraction of sp³-hybridized carbons (Fsp3) is 0.190. The zero-order valence-corrected chi connectivity index (χ0v) is 13.7. The Morgan fingerprint density at radius 3 is 2.25 bits per heavy atom. The first-order chi connectivity index (χ1) is 11.7. The fourth-order valence-electron chi connectivity index (χ4n) is 3.49. The van der Waals surface area contributed by atoms with Crippen molar-refractivity contribution >= 4 is 16.6 Å². The molecule has 1 fully saturated rings. The number of Topliss-reactive ketones (excluding diaryl/α,β-unsaturated/α-hetero) is 1. The number of benzene rings is 3. The molecule has 0 aliphatic heterocycles. The molecule has 1 aliphatic carbocycles. The Balaban J connectivity index is 1.79. The van der Waals surface area contributed by atoms with Gasteiger partial charge in [-0.25, -0.2) is 0 Å². The molecule has 3 aromatic rings. The van der Waals surface area contributed by atoms with Crippen LogP contribution in [0.5, 0.6) is 11.5 Å². The molecule has 4 rings (SSSR count). The minimum atomic E-state index is -0.139. The van der Waals surface area contributed by atoms with E-state index in [0.717, 1.165) is 33.4 Å². The molecule has 0 radical (unpaired) electrons. The summed E-state index contributed by atoms with van der Waals surface area (Å²) in [6.45, 7) is 0. The van der Waals surface area contributed by atoms with E-state index >= 15 is 0 Å². The minimum absolute atomic E-state index is 0.101. The van der Waals surface area contributed by atoms with Gasteiger partial charge in [0.2, 0.25) is 0 Å². The molecule has 3 nitrogen and oxygen atoms in total. The van der Waals surface area contributed by atoms with Gasteiger partial charge in [0.25, 0.3) is 0 Å². The van der Waals surface area contributed by atoms with Gasteiger partial charge in [0.05, 0.1) is 26.1 Å². The molecule has 3 heteroatoms. The molecule has 3 aromatic carbocycles. The Hall–Kier alpha value is -2.81. The van der Waals surface area contributed by atoms with Crippen LogP contribution in [0.2, 0.25) is 0 Å². The average Bonchev–Trinajstić information content (AvgIpc) is 3.31. The third kappa shape index (κ3) is 2.24. The van der Waals surface area contributed by atoms with E-state index in [4.69, 9.17) is 9.47 Å². The first-order valence-electron chi connectivity index (χ1n) is 7.98. The summed E-state index contributed by atoms with van der Waals surface area (Å²) in [5.74, 6) is 1.58. The van der Waals surface area contributed by atoms with Crippen LogP contribution < -0.4 is 9.47 Å². The molecule has 0 spiro atoms. The summed E-state index contributed by atoms with van der Waals surface area (Å²) in [5, 5.41) is 2.22. The topological polar surface area (TPSA) is 35.5 Å². The number of ether oxygens (including phenoxy) is 2. The van der Waals surface area contributed by atoms with Crippen LogP contribution in [0.15, 0.2) is 60.7 Å². The number of fused-ring (bicyclic) bond motifs is 1. The van der Waals surface area contributed by atoms with Crippen LogP contribution in [0, 0.1) is 0 Å². The van der Waals surface area contributed by atoms with Crippen molar-refractivity contribution in [3.8, 4) is 11.5 Å². The first kappa shape index (κ1) is 14.8. The van der Waals surface area contributed by atoms with Crippen LogP contribution >= 0.6 is 0 Å². The van der Waals surface area contributed by atoms with Crippen molar-refractivity contribution in [2.75, 3.05) is 14.2 Å². The van der Waals surface area contributed by atoms with Gasteiger partial charge in [0.15, 0.2) is 0 Å². The standard InChI is InChI=1S/C21H18O3/c1-23-15-10-7-14(8-11-15)18-20(21(18)22)19-16-6-4-3-5-13(16)9-12-17(19)24-2/h3-12,18,20H,1-2H3. The molecular formula is C21H18O3. The Bertz CT molecular complexity index is 912. The molecule has 2 unspecified atom stereocenters. The molecule has 0 saturated heterocycles.